The summed E-state index contributed by atoms with van der Waals surface area (Å²) in [5, 5.41) is 2.51. The van der Waals surface area contributed by atoms with Crippen molar-refractivity contribution in [1.82, 2.24) is 9.88 Å². The highest BCUT2D eigenvalue weighted by Gasteiger charge is 2.25. The quantitative estimate of drug-likeness (QED) is 0.754. The third-order valence-corrected chi connectivity index (χ3v) is 5.35. The molecule has 0 spiro atoms. The molecular weight excluding hydrogens is 353 g/mol. The molecule has 0 aliphatic carbocycles. The van der Waals surface area contributed by atoms with Gasteiger partial charge in [-0.1, -0.05) is 18.2 Å². The summed E-state index contributed by atoms with van der Waals surface area (Å²) in [6.45, 7) is 2.66. The number of benzene rings is 1. The van der Waals surface area contributed by atoms with Gasteiger partial charge >= 0.3 is 0 Å². The van der Waals surface area contributed by atoms with Crippen molar-refractivity contribution < 1.29 is 13.9 Å². The Balaban J connectivity index is 1.53. The highest BCUT2D eigenvalue weighted by molar-refractivity contribution is 7.09. The van der Waals surface area contributed by atoms with Crippen molar-refractivity contribution in [2.24, 2.45) is 5.73 Å². The van der Waals surface area contributed by atoms with Crippen LogP contribution in [-0.2, 0) is 11.2 Å². The summed E-state index contributed by atoms with van der Waals surface area (Å²) in [5.41, 5.74) is 6.51. The minimum absolute atomic E-state index is 0.0542. The molecule has 0 bridgehead atoms. The first-order valence-corrected chi connectivity index (χ1v) is 9.84. The van der Waals surface area contributed by atoms with Crippen LogP contribution in [0.3, 0.4) is 0 Å². The molecular formula is C19H24FN3O2S. The Morgan fingerprint density at radius 2 is 2.12 bits per heavy atom. The van der Waals surface area contributed by atoms with Gasteiger partial charge in [0, 0.05) is 31.5 Å². The lowest BCUT2D eigenvalue weighted by Gasteiger charge is -2.31. The Bertz CT molecular complexity index is 729. The SMILES string of the molecule is NCCCOC1CCN(C(=O)c2csc(Cc3ccccc3F)n2)CC1. The summed E-state index contributed by atoms with van der Waals surface area (Å²) in [4.78, 5) is 18.9. The lowest BCUT2D eigenvalue weighted by molar-refractivity contribution is 0.00830. The number of thiazole rings is 1. The number of nitrogens with zero attached hydrogens (tertiary/aromatic N) is 2. The molecule has 0 unspecified atom stereocenters. The highest BCUT2D eigenvalue weighted by atomic mass is 32.1. The number of halogens is 1. The number of hydrogen-bond donors (Lipinski definition) is 1. The standard InChI is InChI=1S/C19H24FN3O2S/c20-16-5-2-1-4-14(16)12-18-22-17(13-26-18)19(24)23-9-6-15(7-10-23)25-11-3-8-21/h1-2,4-5,13,15H,3,6-12,21H2. The van der Waals surface area contributed by atoms with Gasteiger partial charge in [-0.05, 0) is 37.4 Å². The molecule has 0 atom stereocenters. The molecule has 7 heteroatoms. The Kier molecular flexibility index (Phi) is 6.71. The van der Waals surface area contributed by atoms with Gasteiger partial charge in [0.05, 0.1) is 11.1 Å². The molecule has 1 aromatic heterocycles. The maximum Gasteiger partial charge on any atom is 0.273 e. The van der Waals surface area contributed by atoms with Crippen LogP contribution in [0, 0.1) is 5.82 Å². The molecule has 3 rings (SSSR count). The van der Waals surface area contributed by atoms with Gasteiger partial charge in [-0.3, -0.25) is 4.79 Å². The molecule has 1 aliphatic heterocycles. The van der Waals surface area contributed by atoms with Crippen molar-refractivity contribution in [3.05, 3.63) is 51.7 Å². The summed E-state index contributed by atoms with van der Waals surface area (Å²) in [7, 11) is 0. The van der Waals surface area contributed by atoms with E-state index in [-0.39, 0.29) is 17.8 Å². The fourth-order valence-electron chi connectivity index (χ4n) is 3.02. The third-order valence-electron chi connectivity index (χ3n) is 4.50. The molecule has 2 N–H and O–H groups in total. The van der Waals surface area contributed by atoms with Crippen molar-refractivity contribution in [3.63, 3.8) is 0 Å². The van der Waals surface area contributed by atoms with E-state index in [0.29, 0.717) is 43.9 Å². The molecule has 0 saturated carbocycles. The Morgan fingerprint density at radius 1 is 1.35 bits per heavy atom. The smallest absolute Gasteiger partial charge is 0.273 e. The number of piperidine rings is 1. The second kappa shape index (κ2) is 9.21. The van der Waals surface area contributed by atoms with Gasteiger partial charge < -0.3 is 15.4 Å². The lowest BCUT2D eigenvalue weighted by atomic mass is 10.1. The Morgan fingerprint density at radius 3 is 2.85 bits per heavy atom. The van der Waals surface area contributed by atoms with E-state index in [2.05, 4.69) is 4.98 Å². The number of ether oxygens (including phenoxy) is 1. The fourth-order valence-corrected chi connectivity index (χ4v) is 3.81. The minimum Gasteiger partial charge on any atom is -0.378 e. The van der Waals surface area contributed by atoms with Gasteiger partial charge in [0.1, 0.15) is 11.5 Å². The van der Waals surface area contributed by atoms with Crippen LogP contribution in [-0.4, -0.2) is 48.1 Å². The summed E-state index contributed by atoms with van der Waals surface area (Å²) in [6, 6.07) is 6.65. The van der Waals surface area contributed by atoms with Crippen molar-refractivity contribution >= 4 is 17.2 Å². The first-order chi connectivity index (χ1) is 12.7. The summed E-state index contributed by atoms with van der Waals surface area (Å²) in [5.74, 6) is -0.297. The number of rotatable bonds is 7. The number of amides is 1. The number of aromatic nitrogens is 1. The number of carbonyl (C=O) groups is 1. The number of carbonyl (C=O) groups excluding carboxylic acids is 1. The highest BCUT2D eigenvalue weighted by Crippen LogP contribution is 2.20. The van der Waals surface area contributed by atoms with Gasteiger partial charge in [0.2, 0.25) is 0 Å². The molecule has 0 radical (unpaired) electrons. The molecule has 140 valence electrons. The molecule has 26 heavy (non-hydrogen) atoms. The molecule has 2 heterocycles. The summed E-state index contributed by atoms with van der Waals surface area (Å²) in [6.07, 6.45) is 3.15. The largest absolute Gasteiger partial charge is 0.378 e. The van der Waals surface area contributed by atoms with Crippen molar-refractivity contribution in [2.75, 3.05) is 26.2 Å². The minimum atomic E-state index is -0.243. The molecule has 1 saturated heterocycles. The topological polar surface area (TPSA) is 68.5 Å². The van der Waals surface area contributed by atoms with E-state index in [0.717, 1.165) is 24.3 Å². The van der Waals surface area contributed by atoms with Crippen LogP contribution in [0.2, 0.25) is 0 Å². The van der Waals surface area contributed by atoms with E-state index >= 15 is 0 Å². The van der Waals surface area contributed by atoms with Crippen LogP contribution in [0.4, 0.5) is 4.39 Å². The predicted molar refractivity (Wildman–Crippen MR) is 99.9 cm³/mol. The van der Waals surface area contributed by atoms with Crippen LogP contribution >= 0.6 is 11.3 Å². The average Bonchev–Trinajstić information content (AvgIpc) is 3.12. The molecule has 1 aromatic carbocycles. The maximum atomic E-state index is 13.8. The van der Waals surface area contributed by atoms with E-state index in [4.69, 9.17) is 10.5 Å². The Hall–Kier alpha value is -1.83. The van der Waals surface area contributed by atoms with Crippen LogP contribution in [0.1, 0.15) is 40.3 Å². The van der Waals surface area contributed by atoms with Gasteiger partial charge in [0.15, 0.2) is 0 Å². The molecule has 5 nitrogen and oxygen atoms in total. The summed E-state index contributed by atoms with van der Waals surface area (Å²) >= 11 is 1.40. The van der Waals surface area contributed by atoms with Crippen LogP contribution in [0.25, 0.3) is 0 Å². The predicted octanol–water partition coefficient (Wildman–Crippen LogP) is 2.84. The van der Waals surface area contributed by atoms with Crippen molar-refractivity contribution in [2.45, 2.75) is 31.8 Å². The van der Waals surface area contributed by atoms with Crippen molar-refractivity contribution in [3.8, 4) is 0 Å². The van der Waals surface area contributed by atoms with E-state index in [9.17, 15) is 9.18 Å². The molecule has 1 fully saturated rings. The number of hydrogen-bond acceptors (Lipinski definition) is 5. The van der Waals surface area contributed by atoms with E-state index < -0.39 is 0 Å². The zero-order valence-corrected chi connectivity index (χ0v) is 15.5. The summed E-state index contributed by atoms with van der Waals surface area (Å²) < 4.78 is 19.5. The normalized spacial score (nSPS) is 15.4. The third kappa shape index (κ3) is 4.87. The second-order valence-corrected chi connectivity index (χ2v) is 7.34. The average molecular weight is 377 g/mol. The first-order valence-electron chi connectivity index (χ1n) is 8.96. The van der Waals surface area contributed by atoms with E-state index in [1.54, 1.807) is 23.6 Å². The van der Waals surface area contributed by atoms with Gasteiger partial charge in [-0.25, -0.2) is 9.37 Å². The first kappa shape index (κ1) is 18.9. The van der Waals surface area contributed by atoms with E-state index in [1.807, 2.05) is 4.90 Å². The van der Waals surface area contributed by atoms with Crippen molar-refractivity contribution in [1.29, 1.82) is 0 Å². The monoisotopic (exact) mass is 377 g/mol. The van der Waals surface area contributed by atoms with Gasteiger partial charge in [-0.15, -0.1) is 11.3 Å². The van der Waals surface area contributed by atoms with Crippen LogP contribution < -0.4 is 5.73 Å². The van der Waals surface area contributed by atoms with E-state index in [1.165, 1.54) is 17.4 Å². The van der Waals surface area contributed by atoms with Crippen LogP contribution in [0.15, 0.2) is 29.6 Å². The van der Waals surface area contributed by atoms with Gasteiger partial charge in [-0.2, -0.15) is 0 Å². The van der Waals surface area contributed by atoms with Gasteiger partial charge in [0.25, 0.3) is 5.91 Å². The Labute approximate surface area is 157 Å². The number of nitrogens with two attached hydrogens (primary N) is 1. The fraction of sp³-hybridized carbons (Fsp3) is 0.474. The lowest BCUT2D eigenvalue weighted by Crippen LogP contribution is -2.41. The van der Waals surface area contributed by atoms with Crippen LogP contribution in [0.5, 0.6) is 0 Å². The number of likely N-dealkylation sites (tertiary alicyclic amines) is 1. The molecule has 2 aromatic rings. The second-order valence-electron chi connectivity index (χ2n) is 6.40. The molecule has 1 aliphatic rings. The zero-order valence-electron chi connectivity index (χ0n) is 14.7. The zero-order chi connectivity index (χ0) is 18.4. The molecule has 1 amide bonds. The maximum absolute atomic E-state index is 13.8.